The number of rotatable bonds is 3. The predicted octanol–water partition coefficient (Wildman–Crippen LogP) is 4.11. The molecule has 2 aliphatic heterocycles. The summed E-state index contributed by atoms with van der Waals surface area (Å²) < 4.78 is 0. The second-order valence-corrected chi connectivity index (χ2v) is 8.07. The summed E-state index contributed by atoms with van der Waals surface area (Å²) in [6.45, 7) is 1.49. The van der Waals surface area contributed by atoms with Crippen LogP contribution in [-0.4, -0.2) is 22.5 Å². The van der Waals surface area contributed by atoms with Crippen LogP contribution in [0.15, 0.2) is 47.4 Å². The average Bonchev–Trinajstić information content (AvgIpc) is 3.11. The van der Waals surface area contributed by atoms with Gasteiger partial charge in [0.05, 0.1) is 5.69 Å². The smallest absolute Gasteiger partial charge is 0.261 e. The van der Waals surface area contributed by atoms with Gasteiger partial charge in [-0.1, -0.05) is 23.4 Å². The number of carbonyl (C=O) groups is 3. The highest BCUT2D eigenvalue weighted by Crippen LogP contribution is 2.56. The van der Waals surface area contributed by atoms with Crippen molar-refractivity contribution >= 4 is 52.3 Å². The van der Waals surface area contributed by atoms with E-state index in [2.05, 4.69) is 5.32 Å². The number of carbonyl (C=O) groups excluding carboxylic acids is 3. The summed E-state index contributed by atoms with van der Waals surface area (Å²) in [5.74, 6) is -0.371. The second kappa shape index (κ2) is 6.14. The number of nitrogens with one attached hydrogen (secondary N) is 1. The van der Waals surface area contributed by atoms with Crippen LogP contribution in [-0.2, 0) is 9.59 Å². The Kier molecular flexibility index (Phi) is 4.04. The Morgan fingerprint density at radius 1 is 1.19 bits per heavy atom. The standard InChI is InChI=1S/C19H15ClN2O3S/c1-11(23)12-2-5-14(6-3-12)21-18(25)19-9-8-17(24)22(19)15-10-13(20)4-7-16(15)26-19/h2-7,10H,8-9H2,1H3,(H,21,25). The maximum absolute atomic E-state index is 13.1. The molecule has 1 unspecified atom stereocenters. The number of hydrogen-bond acceptors (Lipinski definition) is 4. The van der Waals surface area contributed by atoms with E-state index >= 15 is 0 Å². The van der Waals surface area contributed by atoms with E-state index in [0.29, 0.717) is 34.8 Å². The Morgan fingerprint density at radius 2 is 1.92 bits per heavy atom. The minimum Gasteiger partial charge on any atom is -0.323 e. The first-order valence-corrected chi connectivity index (χ1v) is 9.34. The van der Waals surface area contributed by atoms with Crippen molar-refractivity contribution in [3.8, 4) is 0 Å². The van der Waals surface area contributed by atoms with E-state index in [0.717, 1.165) is 4.90 Å². The van der Waals surface area contributed by atoms with Crippen molar-refractivity contribution in [1.82, 2.24) is 0 Å². The van der Waals surface area contributed by atoms with Crippen LogP contribution >= 0.6 is 23.4 Å². The number of ketones is 1. The number of nitrogens with zero attached hydrogens (tertiary/aromatic N) is 1. The van der Waals surface area contributed by atoms with E-state index in [1.54, 1.807) is 41.3 Å². The molecule has 4 rings (SSSR count). The molecule has 1 fully saturated rings. The molecule has 5 nitrogen and oxygen atoms in total. The lowest BCUT2D eigenvalue weighted by Gasteiger charge is -2.29. The molecule has 7 heteroatoms. The molecule has 0 aliphatic carbocycles. The number of anilines is 2. The molecule has 0 radical (unpaired) electrons. The summed E-state index contributed by atoms with van der Waals surface area (Å²) in [4.78, 5) is 38.4. The van der Waals surface area contributed by atoms with Gasteiger partial charge in [-0.05, 0) is 55.8 Å². The Hall–Kier alpha value is -2.31. The average molecular weight is 387 g/mol. The zero-order valence-corrected chi connectivity index (χ0v) is 15.5. The van der Waals surface area contributed by atoms with Crippen LogP contribution in [0.4, 0.5) is 11.4 Å². The Bertz CT molecular complexity index is 944. The number of amides is 2. The fourth-order valence-corrected chi connectivity index (χ4v) is 4.90. The number of hydrogen-bond donors (Lipinski definition) is 1. The van der Waals surface area contributed by atoms with Gasteiger partial charge in [0, 0.05) is 27.6 Å². The van der Waals surface area contributed by atoms with Crippen LogP contribution in [0.2, 0.25) is 5.02 Å². The van der Waals surface area contributed by atoms with E-state index in [9.17, 15) is 14.4 Å². The summed E-state index contributed by atoms with van der Waals surface area (Å²) in [5, 5.41) is 3.41. The third kappa shape index (κ3) is 2.61. The van der Waals surface area contributed by atoms with E-state index in [4.69, 9.17) is 11.6 Å². The lowest BCUT2D eigenvalue weighted by atomic mass is 10.1. The monoisotopic (exact) mass is 386 g/mol. The van der Waals surface area contributed by atoms with Crippen LogP contribution in [0.1, 0.15) is 30.1 Å². The molecule has 2 heterocycles. The summed E-state index contributed by atoms with van der Waals surface area (Å²) in [5.41, 5.74) is 1.85. The first kappa shape index (κ1) is 17.1. The quantitative estimate of drug-likeness (QED) is 0.806. The molecule has 0 aromatic heterocycles. The van der Waals surface area contributed by atoms with Crippen LogP contribution in [0.3, 0.4) is 0 Å². The number of Topliss-reactive ketones (excluding diaryl/α,β-unsaturated/α-hetero) is 1. The molecule has 2 aromatic carbocycles. The molecule has 0 bridgehead atoms. The van der Waals surface area contributed by atoms with Crippen molar-refractivity contribution < 1.29 is 14.4 Å². The molecule has 26 heavy (non-hydrogen) atoms. The normalized spacial score (nSPS) is 20.7. The first-order chi connectivity index (χ1) is 12.4. The lowest BCUT2D eigenvalue weighted by Crippen LogP contribution is -2.49. The number of thioether (sulfide) groups is 1. The number of benzene rings is 2. The van der Waals surface area contributed by atoms with E-state index in [1.165, 1.54) is 18.7 Å². The van der Waals surface area contributed by atoms with Gasteiger partial charge in [0.15, 0.2) is 10.7 Å². The molecule has 0 spiro atoms. The van der Waals surface area contributed by atoms with Gasteiger partial charge in [0.25, 0.3) is 5.91 Å². The van der Waals surface area contributed by atoms with Crippen LogP contribution in [0, 0.1) is 0 Å². The Balaban J connectivity index is 1.65. The maximum atomic E-state index is 13.1. The van der Waals surface area contributed by atoms with Crippen LogP contribution in [0.25, 0.3) is 0 Å². The molecule has 2 aromatic rings. The van der Waals surface area contributed by atoms with Crippen LogP contribution < -0.4 is 10.2 Å². The topological polar surface area (TPSA) is 66.5 Å². The third-order valence-electron chi connectivity index (χ3n) is 4.63. The summed E-state index contributed by atoms with van der Waals surface area (Å²) in [6, 6.07) is 12.0. The van der Waals surface area contributed by atoms with Crippen molar-refractivity contribution in [2.75, 3.05) is 10.2 Å². The zero-order chi connectivity index (χ0) is 18.5. The van der Waals surface area contributed by atoms with E-state index < -0.39 is 4.87 Å². The van der Waals surface area contributed by atoms with Gasteiger partial charge >= 0.3 is 0 Å². The molecular formula is C19H15ClN2O3S. The van der Waals surface area contributed by atoms with Crippen molar-refractivity contribution in [2.45, 2.75) is 29.5 Å². The van der Waals surface area contributed by atoms with Gasteiger partial charge < -0.3 is 5.32 Å². The SMILES string of the molecule is CC(=O)c1ccc(NC(=O)C23CCC(=O)N2c2cc(Cl)ccc2S3)cc1. The van der Waals surface area contributed by atoms with Crippen molar-refractivity contribution in [3.05, 3.63) is 53.1 Å². The largest absolute Gasteiger partial charge is 0.323 e. The Labute approximate surface area is 159 Å². The minimum absolute atomic E-state index is 0.0345. The summed E-state index contributed by atoms with van der Waals surface area (Å²) in [6.07, 6.45) is 0.746. The highest BCUT2D eigenvalue weighted by molar-refractivity contribution is 8.02. The van der Waals surface area contributed by atoms with Gasteiger partial charge in [-0.15, -0.1) is 0 Å². The molecular weight excluding hydrogens is 372 g/mol. The van der Waals surface area contributed by atoms with Gasteiger partial charge in [0.1, 0.15) is 0 Å². The minimum atomic E-state index is -0.997. The first-order valence-electron chi connectivity index (χ1n) is 8.15. The van der Waals surface area contributed by atoms with Gasteiger partial charge in [-0.2, -0.15) is 0 Å². The lowest BCUT2D eigenvalue weighted by molar-refractivity contribution is -0.121. The van der Waals surface area contributed by atoms with Gasteiger partial charge in [-0.25, -0.2) is 0 Å². The maximum Gasteiger partial charge on any atom is 0.261 e. The fourth-order valence-electron chi connectivity index (χ4n) is 3.34. The van der Waals surface area contributed by atoms with Gasteiger partial charge in [-0.3, -0.25) is 19.3 Å². The zero-order valence-electron chi connectivity index (χ0n) is 13.9. The highest BCUT2D eigenvalue weighted by Gasteiger charge is 2.57. The van der Waals surface area contributed by atoms with Crippen molar-refractivity contribution in [3.63, 3.8) is 0 Å². The van der Waals surface area contributed by atoms with Gasteiger partial charge in [0.2, 0.25) is 5.91 Å². The summed E-state index contributed by atoms with van der Waals surface area (Å²) >= 11 is 7.46. The molecule has 2 amide bonds. The molecule has 0 saturated carbocycles. The van der Waals surface area contributed by atoms with Crippen molar-refractivity contribution in [2.24, 2.45) is 0 Å². The molecule has 2 aliphatic rings. The third-order valence-corrected chi connectivity index (χ3v) is 6.34. The van der Waals surface area contributed by atoms with E-state index in [1.807, 2.05) is 6.07 Å². The highest BCUT2D eigenvalue weighted by atomic mass is 35.5. The second-order valence-electron chi connectivity index (χ2n) is 6.32. The molecule has 1 atom stereocenters. The molecule has 1 N–H and O–H groups in total. The van der Waals surface area contributed by atoms with E-state index in [-0.39, 0.29) is 17.6 Å². The number of halogens is 1. The Morgan fingerprint density at radius 3 is 2.62 bits per heavy atom. The molecule has 1 saturated heterocycles. The molecule has 132 valence electrons. The number of fused-ring (bicyclic) bond motifs is 3. The van der Waals surface area contributed by atoms with Crippen molar-refractivity contribution in [1.29, 1.82) is 0 Å². The predicted molar refractivity (Wildman–Crippen MR) is 102 cm³/mol. The summed E-state index contributed by atoms with van der Waals surface area (Å²) in [7, 11) is 0. The fraction of sp³-hybridized carbons (Fsp3) is 0.211. The van der Waals surface area contributed by atoms with Crippen LogP contribution in [0.5, 0.6) is 0 Å².